The van der Waals surface area contributed by atoms with Gasteiger partial charge in [-0.3, -0.25) is 0 Å². The van der Waals surface area contributed by atoms with Gasteiger partial charge in [-0.2, -0.15) is 0 Å². The van der Waals surface area contributed by atoms with E-state index in [2.05, 4.69) is 20.0 Å². The van der Waals surface area contributed by atoms with Gasteiger partial charge in [0.1, 0.15) is 18.0 Å². The second-order valence-corrected chi connectivity index (χ2v) is 6.56. The molecule has 2 rings (SSSR count). The van der Waals surface area contributed by atoms with Crippen LogP contribution in [-0.4, -0.2) is 37.2 Å². The van der Waals surface area contributed by atoms with Crippen molar-refractivity contribution in [1.29, 1.82) is 0 Å². The van der Waals surface area contributed by atoms with E-state index in [1.165, 1.54) is 18.5 Å². The van der Waals surface area contributed by atoms with E-state index in [0.717, 1.165) is 0 Å². The molecule has 1 aromatic heterocycles. The van der Waals surface area contributed by atoms with E-state index in [1.54, 1.807) is 13.0 Å². The fourth-order valence-corrected chi connectivity index (χ4v) is 2.45. The fraction of sp³-hybridized carbons (Fsp3) is 0.385. The smallest absolute Gasteiger partial charge is 0.211 e. The average molecular weight is 312 g/mol. The highest BCUT2D eigenvalue weighted by Gasteiger charge is 2.06. The van der Waals surface area contributed by atoms with Crippen molar-refractivity contribution in [3.63, 3.8) is 0 Å². The lowest BCUT2D eigenvalue weighted by Gasteiger charge is -2.08. The zero-order chi connectivity index (χ0) is 15.3. The SMILES string of the molecule is CCS(=O)(=O)NCCCNc1ncnc2ccc(F)cc12. The van der Waals surface area contributed by atoms with Crippen LogP contribution in [0.2, 0.25) is 0 Å². The molecule has 0 radical (unpaired) electrons. The molecule has 2 aromatic rings. The van der Waals surface area contributed by atoms with E-state index in [1.807, 2.05) is 0 Å². The molecule has 1 aromatic carbocycles. The van der Waals surface area contributed by atoms with Crippen molar-refractivity contribution in [2.75, 3.05) is 24.2 Å². The quantitative estimate of drug-likeness (QED) is 0.757. The summed E-state index contributed by atoms with van der Waals surface area (Å²) >= 11 is 0. The molecule has 0 unspecified atom stereocenters. The number of hydrogen-bond acceptors (Lipinski definition) is 5. The Kier molecular flexibility index (Phi) is 5.03. The van der Waals surface area contributed by atoms with Crippen molar-refractivity contribution in [2.45, 2.75) is 13.3 Å². The van der Waals surface area contributed by atoms with Crippen molar-refractivity contribution < 1.29 is 12.8 Å². The average Bonchev–Trinajstić information content (AvgIpc) is 2.47. The monoisotopic (exact) mass is 312 g/mol. The summed E-state index contributed by atoms with van der Waals surface area (Å²) in [5.74, 6) is 0.255. The van der Waals surface area contributed by atoms with Crippen LogP contribution in [0.5, 0.6) is 0 Å². The highest BCUT2D eigenvalue weighted by atomic mass is 32.2. The van der Waals surface area contributed by atoms with Gasteiger partial charge in [0.2, 0.25) is 10.0 Å². The third-order valence-electron chi connectivity index (χ3n) is 2.95. The van der Waals surface area contributed by atoms with Gasteiger partial charge >= 0.3 is 0 Å². The van der Waals surface area contributed by atoms with E-state index < -0.39 is 10.0 Å². The maximum atomic E-state index is 13.3. The molecular formula is C13H17FN4O2S. The number of halogens is 1. The summed E-state index contributed by atoms with van der Waals surface area (Å²) in [5, 5.41) is 3.67. The van der Waals surface area contributed by atoms with Crippen molar-refractivity contribution >= 4 is 26.7 Å². The largest absolute Gasteiger partial charge is 0.369 e. The minimum absolute atomic E-state index is 0.0657. The molecule has 0 saturated carbocycles. The Hall–Kier alpha value is -1.80. The van der Waals surface area contributed by atoms with E-state index >= 15 is 0 Å². The molecule has 21 heavy (non-hydrogen) atoms. The van der Waals surface area contributed by atoms with Gasteiger partial charge < -0.3 is 5.32 Å². The molecule has 6 nitrogen and oxygen atoms in total. The first-order valence-electron chi connectivity index (χ1n) is 6.63. The summed E-state index contributed by atoms with van der Waals surface area (Å²) in [6, 6.07) is 4.31. The van der Waals surface area contributed by atoms with Crippen LogP contribution in [0.3, 0.4) is 0 Å². The number of rotatable bonds is 7. The van der Waals surface area contributed by atoms with Crippen LogP contribution < -0.4 is 10.0 Å². The third kappa shape index (κ3) is 4.33. The Morgan fingerprint density at radius 1 is 1.24 bits per heavy atom. The van der Waals surface area contributed by atoms with Gasteiger partial charge in [-0.15, -0.1) is 0 Å². The molecule has 0 aliphatic rings. The third-order valence-corrected chi connectivity index (χ3v) is 4.35. The van der Waals surface area contributed by atoms with Gasteiger partial charge in [0, 0.05) is 18.5 Å². The van der Waals surface area contributed by atoms with E-state index in [4.69, 9.17) is 0 Å². The molecule has 8 heteroatoms. The lowest BCUT2D eigenvalue weighted by molar-refractivity contribution is 0.581. The Morgan fingerprint density at radius 3 is 2.81 bits per heavy atom. The maximum Gasteiger partial charge on any atom is 0.211 e. The number of fused-ring (bicyclic) bond motifs is 1. The summed E-state index contributed by atoms with van der Waals surface area (Å²) in [7, 11) is -3.16. The Morgan fingerprint density at radius 2 is 2.05 bits per heavy atom. The number of benzene rings is 1. The van der Waals surface area contributed by atoms with E-state index in [-0.39, 0.29) is 11.6 Å². The molecule has 0 amide bonds. The predicted molar refractivity (Wildman–Crippen MR) is 80.1 cm³/mol. The molecular weight excluding hydrogens is 295 g/mol. The van der Waals surface area contributed by atoms with Crippen LogP contribution in [-0.2, 0) is 10.0 Å². The molecule has 0 saturated heterocycles. The van der Waals surface area contributed by atoms with Gasteiger partial charge in [-0.1, -0.05) is 0 Å². The molecule has 2 N–H and O–H groups in total. The topological polar surface area (TPSA) is 84.0 Å². The predicted octanol–water partition coefficient (Wildman–Crippen LogP) is 1.51. The van der Waals surface area contributed by atoms with E-state index in [0.29, 0.717) is 36.2 Å². The standard InChI is InChI=1S/C13H17FN4O2S/c1-2-21(19,20)18-7-3-6-15-13-11-8-10(14)4-5-12(11)16-9-17-13/h4-5,8-9,18H,2-3,6-7H2,1H3,(H,15,16,17). The van der Waals surface area contributed by atoms with Crippen LogP contribution in [0.4, 0.5) is 10.2 Å². The molecule has 0 spiro atoms. The van der Waals surface area contributed by atoms with Gasteiger partial charge in [-0.05, 0) is 31.5 Å². The first kappa shape index (κ1) is 15.6. The number of hydrogen-bond donors (Lipinski definition) is 2. The van der Waals surface area contributed by atoms with Crippen molar-refractivity contribution in [3.8, 4) is 0 Å². The number of sulfonamides is 1. The molecule has 0 atom stereocenters. The lowest BCUT2D eigenvalue weighted by atomic mass is 10.2. The summed E-state index contributed by atoms with van der Waals surface area (Å²) < 4.78 is 38.3. The van der Waals surface area contributed by atoms with Crippen LogP contribution in [0.1, 0.15) is 13.3 Å². The van der Waals surface area contributed by atoms with Crippen LogP contribution in [0.15, 0.2) is 24.5 Å². The number of anilines is 1. The Balaban J connectivity index is 1.93. The second-order valence-electron chi connectivity index (χ2n) is 4.46. The van der Waals surface area contributed by atoms with Gasteiger partial charge in [-0.25, -0.2) is 27.5 Å². The summed E-state index contributed by atoms with van der Waals surface area (Å²) in [4.78, 5) is 8.14. The maximum absolute atomic E-state index is 13.3. The minimum atomic E-state index is -3.16. The zero-order valence-corrected chi connectivity index (χ0v) is 12.5. The lowest BCUT2D eigenvalue weighted by Crippen LogP contribution is -2.27. The minimum Gasteiger partial charge on any atom is -0.369 e. The van der Waals surface area contributed by atoms with Crippen molar-refractivity contribution in [1.82, 2.24) is 14.7 Å². The number of aromatic nitrogens is 2. The molecule has 0 aliphatic heterocycles. The number of nitrogens with zero attached hydrogens (tertiary/aromatic N) is 2. The van der Waals surface area contributed by atoms with Crippen molar-refractivity contribution in [3.05, 3.63) is 30.3 Å². The molecule has 0 fully saturated rings. The molecule has 0 bridgehead atoms. The number of nitrogens with one attached hydrogen (secondary N) is 2. The summed E-state index contributed by atoms with van der Waals surface area (Å²) in [6.45, 7) is 2.46. The molecule has 114 valence electrons. The van der Waals surface area contributed by atoms with Gasteiger partial charge in [0.15, 0.2) is 0 Å². The van der Waals surface area contributed by atoms with Crippen LogP contribution >= 0.6 is 0 Å². The Labute approximate surface area is 122 Å². The van der Waals surface area contributed by atoms with Gasteiger partial charge in [0.25, 0.3) is 0 Å². The summed E-state index contributed by atoms with van der Waals surface area (Å²) in [5.41, 5.74) is 0.653. The normalized spacial score (nSPS) is 11.7. The highest BCUT2D eigenvalue weighted by molar-refractivity contribution is 7.89. The fourth-order valence-electron chi connectivity index (χ4n) is 1.79. The Bertz CT molecular complexity index is 721. The van der Waals surface area contributed by atoms with Crippen LogP contribution in [0, 0.1) is 5.82 Å². The summed E-state index contributed by atoms with van der Waals surface area (Å²) in [6.07, 6.45) is 2.00. The first-order chi connectivity index (χ1) is 10.0. The zero-order valence-electron chi connectivity index (χ0n) is 11.6. The van der Waals surface area contributed by atoms with Crippen LogP contribution in [0.25, 0.3) is 10.9 Å². The van der Waals surface area contributed by atoms with Crippen molar-refractivity contribution in [2.24, 2.45) is 0 Å². The van der Waals surface area contributed by atoms with Gasteiger partial charge in [0.05, 0.1) is 11.3 Å². The molecule has 1 heterocycles. The molecule has 0 aliphatic carbocycles. The second kappa shape index (κ2) is 6.77. The first-order valence-corrected chi connectivity index (χ1v) is 8.28. The highest BCUT2D eigenvalue weighted by Crippen LogP contribution is 2.19. The van der Waals surface area contributed by atoms with E-state index in [9.17, 15) is 12.8 Å².